The van der Waals surface area contributed by atoms with Crippen molar-refractivity contribution in [2.45, 2.75) is 32.1 Å². The molecule has 1 aromatic heterocycles. The predicted octanol–water partition coefficient (Wildman–Crippen LogP) is 4.55. The lowest BCUT2D eigenvalue weighted by Crippen LogP contribution is -2.37. The summed E-state index contributed by atoms with van der Waals surface area (Å²) in [5.74, 6) is 0.395. The largest absolute Gasteiger partial charge is 0.473 e. The molecular formula is C27H31N3O3. The van der Waals surface area contributed by atoms with E-state index >= 15 is 0 Å². The Labute approximate surface area is 195 Å². The fourth-order valence-corrected chi connectivity index (χ4v) is 3.91. The quantitative estimate of drug-likeness (QED) is 0.484. The van der Waals surface area contributed by atoms with Crippen LogP contribution in [0.4, 0.5) is 5.69 Å². The maximum atomic E-state index is 13.5. The van der Waals surface area contributed by atoms with Crippen molar-refractivity contribution in [1.29, 1.82) is 0 Å². The monoisotopic (exact) mass is 445 g/mol. The van der Waals surface area contributed by atoms with Crippen LogP contribution in [0, 0.1) is 0 Å². The summed E-state index contributed by atoms with van der Waals surface area (Å²) in [4.78, 5) is 21.7. The fraction of sp³-hybridized carbons (Fsp3) is 0.333. The number of pyridine rings is 1. The average Bonchev–Trinajstić information content (AvgIpc) is 3.36. The second kappa shape index (κ2) is 11.0. The summed E-state index contributed by atoms with van der Waals surface area (Å²) in [5, 5.41) is 0. The van der Waals surface area contributed by atoms with Crippen molar-refractivity contribution in [3.63, 3.8) is 0 Å². The first-order valence-corrected chi connectivity index (χ1v) is 11.4. The van der Waals surface area contributed by atoms with E-state index in [1.807, 2.05) is 49.3 Å². The van der Waals surface area contributed by atoms with Gasteiger partial charge in [0.2, 0.25) is 5.88 Å². The zero-order valence-electron chi connectivity index (χ0n) is 19.3. The molecule has 1 saturated heterocycles. The summed E-state index contributed by atoms with van der Waals surface area (Å²) in [6, 6.07) is 21.7. The van der Waals surface area contributed by atoms with E-state index in [2.05, 4.69) is 34.1 Å². The molecule has 172 valence electrons. The zero-order chi connectivity index (χ0) is 23.0. The van der Waals surface area contributed by atoms with Crippen molar-refractivity contribution in [2.24, 2.45) is 0 Å². The highest BCUT2D eigenvalue weighted by molar-refractivity contribution is 5.94. The molecule has 6 nitrogen and oxygen atoms in total. The Morgan fingerprint density at radius 2 is 1.85 bits per heavy atom. The van der Waals surface area contributed by atoms with Crippen molar-refractivity contribution >= 4 is 11.6 Å². The molecule has 4 rings (SSSR count). The van der Waals surface area contributed by atoms with Crippen LogP contribution >= 0.6 is 0 Å². The molecule has 1 fully saturated rings. The summed E-state index contributed by atoms with van der Waals surface area (Å²) < 4.78 is 11.7. The Bertz CT molecular complexity index is 1030. The van der Waals surface area contributed by atoms with Crippen LogP contribution < -0.4 is 9.64 Å². The second-order valence-electron chi connectivity index (χ2n) is 8.54. The Balaban J connectivity index is 1.49. The number of amides is 1. The topological polar surface area (TPSA) is 54.9 Å². The predicted molar refractivity (Wildman–Crippen MR) is 129 cm³/mol. The molecule has 0 aliphatic carbocycles. The third-order valence-electron chi connectivity index (χ3n) is 5.77. The van der Waals surface area contributed by atoms with Gasteiger partial charge >= 0.3 is 0 Å². The number of rotatable bonds is 9. The number of hydrogen-bond acceptors (Lipinski definition) is 5. The van der Waals surface area contributed by atoms with Crippen molar-refractivity contribution in [3.05, 3.63) is 89.6 Å². The lowest BCUT2D eigenvalue weighted by molar-refractivity contribution is 0.0507. The Hall–Kier alpha value is -3.38. The molecule has 1 aliphatic rings. The first kappa shape index (κ1) is 22.8. The van der Waals surface area contributed by atoms with Crippen LogP contribution in [0.2, 0.25) is 0 Å². The molecule has 6 heteroatoms. The molecular weight excluding hydrogens is 414 g/mol. The third kappa shape index (κ3) is 6.33. The first-order valence-electron chi connectivity index (χ1n) is 11.4. The minimum Gasteiger partial charge on any atom is -0.473 e. The third-order valence-corrected chi connectivity index (χ3v) is 5.77. The molecule has 1 atom stereocenters. The van der Waals surface area contributed by atoms with Gasteiger partial charge in [-0.2, -0.15) is 0 Å². The van der Waals surface area contributed by atoms with E-state index in [4.69, 9.17) is 9.47 Å². The Kier molecular flexibility index (Phi) is 7.58. The number of aromatic nitrogens is 1. The van der Waals surface area contributed by atoms with Crippen LogP contribution in [0.3, 0.4) is 0 Å². The van der Waals surface area contributed by atoms with Gasteiger partial charge in [-0.05, 0) is 42.2 Å². The van der Waals surface area contributed by atoms with Gasteiger partial charge < -0.3 is 19.3 Å². The number of ether oxygens (including phenoxy) is 2. The minimum atomic E-state index is -0.0471. The van der Waals surface area contributed by atoms with Crippen LogP contribution in [0.1, 0.15) is 34.3 Å². The van der Waals surface area contributed by atoms with E-state index in [0.29, 0.717) is 31.1 Å². The maximum Gasteiger partial charge on any atom is 0.254 e. The summed E-state index contributed by atoms with van der Waals surface area (Å²) >= 11 is 0. The van der Waals surface area contributed by atoms with Crippen LogP contribution in [0.25, 0.3) is 0 Å². The number of anilines is 1. The number of carbonyl (C=O) groups is 1. The van der Waals surface area contributed by atoms with E-state index in [-0.39, 0.29) is 12.0 Å². The molecule has 0 N–H and O–H groups in total. The van der Waals surface area contributed by atoms with E-state index < -0.39 is 0 Å². The smallest absolute Gasteiger partial charge is 0.254 e. The van der Waals surface area contributed by atoms with E-state index in [0.717, 1.165) is 36.3 Å². The molecule has 1 unspecified atom stereocenters. The number of hydrogen-bond donors (Lipinski definition) is 0. The van der Waals surface area contributed by atoms with Gasteiger partial charge in [-0.1, -0.05) is 42.5 Å². The second-order valence-corrected chi connectivity index (χ2v) is 8.54. The molecule has 0 radical (unpaired) electrons. The fourth-order valence-electron chi connectivity index (χ4n) is 3.91. The van der Waals surface area contributed by atoms with Gasteiger partial charge in [-0.25, -0.2) is 4.98 Å². The first-order chi connectivity index (χ1) is 16.1. The highest BCUT2D eigenvalue weighted by Crippen LogP contribution is 2.20. The van der Waals surface area contributed by atoms with E-state index in [9.17, 15) is 4.79 Å². The van der Waals surface area contributed by atoms with Crippen LogP contribution in [-0.2, 0) is 17.9 Å². The van der Waals surface area contributed by atoms with Gasteiger partial charge in [0.05, 0.1) is 6.10 Å². The van der Waals surface area contributed by atoms with Crippen LogP contribution in [0.15, 0.2) is 72.9 Å². The normalized spacial score (nSPS) is 15.3. The standard InChI is InChI=1S/C27H31N3O3/c1-29(2)24-12-10-21(11-13-24)18-30(19-25-9-6-16-32-25)27(31)23-14-15-28-26(17-23)33-20-22-7-4-3-5-8-22/h3-5,7-8,10-15,17,25H,6,9,16,18-20H2,1-2H3. The van der Waals surface area contributed by atoms with Crippen molar-refractivity contribution in [1.82, 2.24) is 9.88 Å². The lowest BCUT2D eigenvalue weighted by Gasteiger charge is -2.26. The summed E-state index contributed by atoms with van der Waals surface area (Å²) in [6.45, 7) is 2.26. The molecule has 1 amide bonds. The van der Waals surface area contributed by atoms with Crippen LogP contribution in [0.5, 0.6) is 5.88 Å². The number of nitrogens with zero attached hydrogens (tertiary/aromatic N) is 3. The molecule has 0 saturated carbocycles. The van der Waals surface area contributed by atoms with E-state index in [1.54, 1.807) is 18.3 Å². The van der Waals surface area contributed by atoms with Crippen molar-refractivity contribution < 1.29 is 14.3 Å². The van der Waals surface area contributed by atoms with Crippen molar-refractivity contribution in [3.8, 4) is 5.88 Å². The highest BCUT2D eigenvalue weighted by atomic mass is 16.5. The van der Waals surface area contributed by atoms with Crippen molar-refractivity contribution in [2.75, 3.05) is 32.1 Å². The molecule has 2 heterocycles. The van der Waals surface area contributed by atoms with Gasteiger partial charge in [-0.3, -0.25) is 4.79 Å². The Morgan fingerprint density at radius 1 is 1.06 bits per heavy atom. The van der Waals surface area contributed by atoms with Gasteiger partial charge in [0.25, 0.3) is 5.91 Å². The van der Waals surface area contributed by atoms with E-state index in [1.165, 1.54) is 0 Å². The molecule has 0 spiro atoms. The van der Waals surface area contributed by atoms with Gasteiger partial charge in [0, 0.05) is 57.3 Å². The summed E-state index contributed by atoms with van der Waals surface area (Å²) in [7, 11) is 4.03. The molecule has 33 heavy (non-hydrogen) atoms. The average molecular weight is 446 g/mol. The number of carbonyl (C=O) groups excluding carboxylic acids is 1. The highest BCUT2D eigenvalue weighted by Gasteiger charge is 2.24. The molecule has 2 aromatic carbocycles. The SMILES string of the molecule is CN(C)c1ccc(CN(CC2CCCO2)C(=O)c2ccnc(OCc3ccccc3)c2)cc1. The maximum absolute atomic E-state index is 13.5. The van der Waals surface area contributed by atoms with Gasteiger partial charge in [0.1, 0.15) is 6.61 Å². The zero-order valence-corrected chi connectivity index (χ0v) is 19.3. The van der Waals surface area contributed by atoms with Gasteiger partial charge in [0.15, 0.2) is 0 Å². The number of benzene rings is 2. The molecule has 0 bridgehead atoms. The summed E-state index contributed by atoms with van der Waals surface area (Å²) in [5.41, 5.74) is 3.83. The lowest BCUT2D eigenvalue weighted by atomic mass is 10.1. The molecule has 3 aromatic rings. The minimum absolute atomic E-state index is 0.0471. The molecule has 1 aliphatic heterocycles. The Morgan fingerprint density at radius 3 is 2.55 bits per heavy atom. The van der Waals surface area contributed by atoms with Crippen LogP contribution in [-0.4, -0.2) is 49.1 Å². The summed E-state index contributed by atoms with van der Waals surface area (Å²) in [6.07, 6.45) is 3.72. The van der Waals surface area contributed by atoms with Gasteiger partial charge in [-0.15, -0.1) is 0 Å².